The van der Waals surface area contributed by atoms with E-state index in [9.17, 15) is 4.79 Å². The fourth-order valence-corrected chi connectivity index (χ4v) is 3.08. The van der Waals surface area contributed by atoms with E-state index in [1.54, 1.807) is 30.3 Å². The molecule has 7 nitrogen and oxygen atoms in total. The number of halogens is 2. The van der Waals surface area contributed by atoms with Crippen molar-refractivity contribution < 1.29 is 23.7 Å². The molecule has 9 heteroatoms. The number of carbonyl (C=O) groups is 1. The van der Waals surface area contributed by atoms with Crippen molar-refractivity contribution in [1.29, 1.82) is 0 Å². The summed E-state index contributed by atoms with van der Waals surface area (Å²) in [5.74, 6) is 1.26. The quantitative estimate of drug-likeness (QED) is 0.716. The van der Waals surface area contributed by atoms with Crippen LogP contribution < -0.4 is 14.2 Å². The second kappa shape index (κ2) is 8.16. The van der Waals surface area contributed by atoms with Crippen LogP contribution in [0.5, 0.6) is 17.2 Å². The van der Waals surface area contributed by atoms with Gasteiger partial charge in [-0.1, -0.05) is 29.3 Å². The molecule has 1 atom stereocenters. The highest BCUT2D eigenvalue weighted by molar-refractivity contribution is 6.42. The Labute approximate surface area is 172 Å². The van der Waals surface area contributed by atoms with E-state index in [0.29, 0.717) is 38.4 Å². The van der Waals surface area contributed by atoms with Crippen molar-refractivity contribution in [3.05, 3.63) is 51.5 Å². The van der Waals surface area contributed by atoms with Crippen LogP contribution in [-0.4, -0.2) is 38.1 Å². The van der Waals surface area contributed by atoms with Gasteiger partial charge >= 0.3 is 0 Å². The molecule has 0 aliphatic carbocycles. The van der Waals surface area contributed by atoms with Crippen LogP contribution in [0.3, 0.4) is 0 Å². The summed E-state index contributed by atoms with van der Waals surface area (Å²) < 4.78 is 22.0. The molecular formula is C19H18Cl2N2O5. The Bertz CT molecular complexity index is 923. The van der Waals surface area contributed by atoms with Gasteiger partial charge in [0.1, 0.15) is 0 Å². The Morgan fingerprint density at radius 1 is 1.04 bits per heavy atom. The van der Waals surface area contributed by atoms with Crippen LogP contribution in [0, 0.1) is 0 Å². The third-order valence-electron chi connectivity index (χ3n) is 4.11. The molecule has 0 radical (unpaired) electrons. The molecule has 1 aliphatic heterocycles. The molecule has 0 N–H and O–H groups in total. The van der Waals surface area contributed by atoms with Gasteiger partial charge in [-0.05, 0) is 24.3 Å². The topological polar surface area (TPSA) is 69.6 Å². The predicted octanol–water partition coefficient (Wildman–Crippen LogP) is 4.26. The van der Waals surface area contributed by atoms with E-state index < -0.39 is 6.23 Å². The molecule has 2 aromatic rings. The van der Waals surface area contributed by atoms with E-state index >= 15 is 0 Å². The van der Waals surface area contributed by atoms with Gasteiger partial charge in [-0.25, -0.2) is 0 Å². The zero-order valence-electron chi connectivity index (χ0n) is 15.7. The Balaban J connectivity index is 2.02. The molecule has 0 saturated carbocycles. The lowest BCUT2D eigenvalue weighted by Gasteiger charge is -2.19. The maximum atomic E-state index is 12.1. The number of nitrogens with zero attached hydrogens (tertiary/aromatic N) is 2. The molecular weight excluding hydrogens is 407 g/mol. The summed E-state index contributed by atoms with van der Waals surface area (Å²) in [6, 6.07) is 8.38. The minimum Gasteiger partial charge on any atom is -0.493 e. The van der Waals surface area contributed by atoms with E-state index in [1.165, 1.54) is 33.3 Å². The van der Waals surface area contributed by atoms with Gasteiger partial charge in [-0.2, -0.15) is 5.01 Å². The number of ether oxygens (including phenoxy) is 4. The third kappa shape index (κ3) is 3.68. The number of methoxy groups -OCH3 is 3. The molecule has 1 aliphatic rings. The summed E-state index contributed by atoms with van der Waals surface area (Å²) in [4.78, 5) is 12.1. The van der Waals surface area contributed by atoms with E-state index in [0.717, 1.165) is 0 Å². The monoisotopic (exact) mass is 424 g/mol. The Morgan fingerprint density at radius 3 is 2.18 bits per heavy atom. The first-order valence-electron chi connectivity index (χ1n) is 8.20. The molecule has 0 fully saturated rings. The molecule has 1 unspecified atom stereocenters. The minimum atomic E-state index is -0.777. The maximum Gasteiger partial charge on any atom is 0.243 e. The highest BCUT2D eigenvalue weighted by Crippen LogP contribution is 2.40. The number of carbonyl (C=O) groups excluding carboxylic acids is 1. The van der Waals surface area contributed by atoms with Crippen LogP contribution in [0.15, 0.2) is 35.4 Å². The van der Waals surface area contributed by atoms with Crippen molar-refractivity contribution in [1.82, 2.24) is 5.01 Å². The largest absolute Gasteiger partial charge is 0.493 e. The standard InChI is InChI=1S/C19H18Cl2N2O5/c1-10(24)23-19(11-5-6-13(20)14(21)7-11)28-18(22-23)12-8-15(25-2)17(27-4)16(9-12)26-3/h5-9,19H,1-4H3. The summed E-state index contributed by atoms with van der Waals surface area (Å²) in [6.45, 7) is 1.40. The van der Waals surface area contributed by atoms with Gasteiger partial charge in [0.25, 0.3) is 0 Å². The number of hydrazone groups is 1. The fourth-order valence-electron chi connectivity index (χ4n) is 2.77. The van der Waals surface area contributed by atoms with Gasteiger partial charge in [0, 0.05) is 18.1 Å². The number of benzene rings is 2. The van der Waals surface area contributed by atoms with Crippen molar-refractivity contribution in [3.63, 3.8) is 0 Å². The first-order valence-corrected chi connectivity index (χ1v) is 8.95. The highest BCUT2D eigenvalue weighted by atomic mass is 35.5. The van der Waals surface area contributed by atoms with Crippen molar-refractivity contribution >= 4 is 35.0 Å². The van der Waals surface area contributed by atoms with Crippen LogP contribution in [0.25, 0.3) is 0 Å². The van der Waals surface area contributed by atoms with Crippen LogP contribution in [0.1, 0.15) is 24.3 Å². The molecule has 0 saturated heterocycles. The summed E-state index contributed by atoms with van der Waals surface area (Å²) in [6.07, 6.45) is -0.777. The lowest BCUT2D eigenvalue weighted by Crippen LogP contribution is -2.25. The van der Waals surface area contributed by atoms with Crippen molar-refractivity contribution in [2.24, 2.45) is 5.10 Å². The van der Waals surface area contributed by atoms with Gasteiger partial charge in [0.15, 0.2) is 11.5 Å². The molecule has 2 aromatic carbocycles. The zero-order chi connectivity index (χ0) is 20.4. The van der Waals surface area contributed by atoms with E-state index in [-0.39, 0.29) is 11.8 Å². The van der Waals surface area contributed by atoms with Crippen molar-refractivity contribution in [2.75, 3.05) is 21.3 Å². The second-order valence-corrected chi connectivity index (χ2v) is 6.64. The van der Waals surface area contributed by atoms with Gasteiger partial charge in [0.05, 0.1) is 31.4 Å². The van der Waals surface area contributed by atoms with Crippen LogP contribution in [-0.2, 0) is 9.53 Å². The summed E-state index contributed by atoms with van der Waals surface area (Å²) in [5.41, 5.74) is 1.19. The molecule has 0 spiro atoms. The first kappa shape index (κ1) is 20.1. The first-order chi connectivity index (χ1) is 13.4. The number of hydrogen-bond acceptors (Lipinski definition) is 6. The van der Waals surface area contributed by atoms with Crippen LogP contribution in [0.4, 0.5) is 0 Å². The third-order valence-corrected chi connectivity index (χ3v) is 4.85. The number of rotatable bonds is 5. The van der Waals surface area contributed by atoms with Crippen LogP contribution in [0.2, 0.25) is 10.0 Å². The molecule has 1 amide bonds. The molecule has 148 valence electrons. The average molecular weight is 425 g/mol. The Kier molecular flexibility index (Phi) is 5.86. The molecule has 1 heterocycles. The molecule has 3 rings (SSSR count). The Hall–Kier alpha value is -2.64. The van der Waals surface area contributed by atoms with E-state index in [4.69, 9.17) is 42.1 Å². The molecule has 28 heavy (non-hydrogen) atoms. The lowest BCUT2D eigenvalue weighted by atomic mass is 10.1. The van der Waals surface area contributed by atoms with Crippen molar-refractivity contribution in [2.45, 2.75) is 13.2 Å². The van der Waals surface area contributed by atoms with E-state index in [2.05, 4.69) is 5.10 Å². The van der Waals surface area contributed by atoms with Gasteiger partial charge < -0.3 is 18.9 Å². The normalized spacial score (nSPS) is 15.7. The highest BCUT2D eigenvalue weighted by Gasteiger charge is 2.34. The zero-order valence-corrected chi connectivity index (χ0v) is 17.2. The predicted molar refractivity (Wildman–Crippen MR) is 105 cm³/mol. The Morgan fingerprint density at radius 2 is 1.68 bits per heavy atom. The van der Waals surface area contributed by atoms with Crippen LogP contribution >= 0.6 is 23.2 Å². The number of hydrogen-bond donors (Lipinski definition) is 0. The fraction of sp³-hybridized carbons (Fsp3) is 0.263. The SMILES string of the molecule is COc1cc(C2=NN(C(C)=O)C(c3ccc(Cl)c(Cl)c3)O2)cc(OC)c1OC. The summed E-state index contributed by atoms with van der Waals surface area (Å²) in [7, 11) is 4.54. The van der Waals surface area contributed by atoms with Gasteiger partial charge in [-0.15, -0.1) is 5.10 Å². The minimum absolute atomic E-state index is 0.227. The molecule has 0 bridgehead atoms. The smallest absolute Gasteiger partial charge is 0.243 e. The van der Waals surface area contributed by atoms with Crippen molar-refractivity contribution in [3.8, 4) is 17.2 Å². The van der Waals surface area contributed by atoms with E-state index in [1.807, 2.05) is 0 Å². The van der Waals surface area contributed by atoms with Gasteiger partial charge in [-0.3, -0.25) is 4.79 Å². The lowest BCUT2D eigenvalue weighted by molar-refractivity contribution is -0.135. The average Bonchev–Trinajstić information content (AvgIpc) is 3.14. The maximum absolute atomic E-state index is 12.1. The number of amides is 1. The molecule has 0 aromatic heterocycles. The van der Waals surface area contributed by atoms with Gasteiger partial charge in [0.2, 0.25) is 23.8 Å². The summed E-state index contributed by atoms with van der Waals surface area (Å²) in [5, 5.41) is 6.32. The summed E-state index contributed by atoms with van der Waals surface area (Å²) >= 11 is 12.1. The second-order valence-electron chi connectivity index (χ2n) is 5.83.